The fourth-order valence-electron chi connectivity index (χ4n) is 2.63. The van der Waals surface area contributed by atoms with Crippen molar-refractivity contribution < 1.29 is 8.42 Å². The molecule has 2 N–H and O–H groups in total. The zero-order valence-electron chi connectivity index (χ0n) is 13.0. The van der Waals surface area contributed by atoms with Gasteiger partial charge in [-0.1, -0.05) is 0 Å². The first-order chi connectivity index (χ1) is 9.87. The lowest BCUT2D eigenvalue weighted by Gasteiger charge is -2.30. The highest BCUT2D eigenvalue weighted by atomic mass is 32.2. The third-order valence-corrected chi connectivity index (χ3v) is 5.23. The predicted molar refractivity (Wildman–Crippen MR) is 86.0 cm³/mol. The first-order valence-corrected chi connectivity index (χ1v) is 8.92. The fraction of sp³-hybridized carbons (Fsp3) is 0.600. The summed E-state index contributed by atoms with van der Waals surface area (Å²) in [4.78, 5) is 2.62. The average Bonchev–Trinajstić information content (AvgIpc) is 2.38. The second kappa shape index (κ2) is 6.77. The Morgan fingerprint density at radius 1 is 1.24 bits per heavy atom. The van der Waals surface area contributed by atoms with E-state index in [-0.39, 0.29) is 6.04 Å². The SMILES string of the molecule is CC(C)NS(=O)(=O)c1ccc(NC2CCCN(C)C2)cc1. The molecule has 0 aromatic heterocycles. The van der Waals surface area contributed by atoms with E-state index in [4.69, 9.17) is 0 Å². The lowest BCUT2D eigenvalue weighted by Crippen LogP contribution is -2.39. The topological polar surface area (TPSA) is 61.4 Å². The van der Waals surface area contributed by atoms with Gasteiger partial charge in [-0.25, -0.2) is 13.1 Å². The molecule has 118 valence electrons. The van der Waals surface area contributed by atoms with Gasteiger partial charge < -0.3 is 10.2 Å². The number of nitrogens with zero attached hydrogens (tertiary/aromatic N) is 1. The maximum atomic E-state index is 12.0. The molecule has 21 heavy (non-hydrogen) atoms. The van der Waals surface area contributed by atoms with E-state index in [0.29, 0.717) is 10.9 Å². The summed E-state index contributed by atoms with van der Waals surface area (Å²) in [6.07, 6.45) is 2.35. The Morgan fingerprint density at radius 2 is 1.90 bits per heavy atom. The van der Waals surface area contributed by atoms with Crippen molar-refractivity contribution >= 4 is 15.7 Å². The van der Waals surface area contributed by atoms with E-state index in [1.54, 1.807) is 12.1 Å². The van der Waals surface area contributed by atoms with Gasteiger partial charge in [-0.15, -0.1) is 0 Å². The van der Waals surface area contributed by atoms with Crippen LogP contribution in [0.15, 0.2) is 29.2 Å². The van der Waals surface area contributed by atoms with Crippen LogP contribution in [0.2, 0.25) is 0 Å². The lowest BCUT2D eigenvalue weighted by molar-refractivity contribution is 0.261. The summed E-state index contributed by atoms with van der Waals surface area (Å²) < 4.78 is 26.7. The minimum Gasteiger partial charge on any atom is -0.381 e. The third-order valence-electron chi connectivity index (χ3n) is 3.55. The minimum atomic E-state index is -3.40. The van der Waals surface area contributed by atoms with Crippen molar-refractivity contribution in [3.8, 4) is 0 Å². The smallest absolute Gasteiger partial charge is 0.240 e. The van der Waals surface area contributed by atoms with Crippen molar-refractivity contribution in [2.45, 2.75) is 43.7 Å². The van der Waals surface area contributed by atoms with Crippen molar-refractivity contribution in [3.63, 3.8) is 0 Å². The Morgan fingerprint density at radius 3 is 2.48 bits per heavy atom. The largest absolute Gasteiger partial charge is 0.381 e. The molecular formula is C15H25N3O2S. The Labute approximate surface area is 127 Å². The first-order valence-electron chi connectivity index (χ1n) is 7.44. The number of anilines is 1. The van der Waals surface area contributed by atoms with Crippen LogP contribution in [0, 0.1) is 0 Å². The van der Waals surface area contributed by atoms with Crippen molar-refractivity contribution in [2.24, 2.45) is 0 Å². The minimum absolute atomic E-state index is 0.106. The Kier molecular flexibility index (Phi) is 5.24. The molecular weight excluding hydrogens is 286 g/mol. The van der Waals surface area contributed by atoms with Crippen LogP contribution in [0.1, 0.15) is 26.7 Å². The van der Waals surface area contributed by atoms with E-state index in [1.165, 1.54) is 6.42 Å². The molecule has 6 heteroatoms. The van der Waals surface area contributed by atoms with Crippen LogP contribution in [-0.2, 0) is 10.0 Å². The van der Waals surface area contributed by atoms with E-state index in [2.05, 4.69) is 22.0 Å². The van der Waals surface area contributed by atoms with Crippen LogP contribution in [0.25, 0.3) is 0 Å². The van der Waals surface area contributed by atoms with Gasteiger partial charge in [0.15, 0.2) is 0 Å². The van der Waals surface area contributed by atoms with Crippen LogP contribution in [0.5, 0.6) is 0 Å². The predicted octanol–water partition coefficient (Wildman–Crippen LogP) is 1.88. The monoisotopic (exact) mass is 311 g/mol. The summed E-state index contributed by atoms with van der Waals surface area (Å²) in [6.45, 7) is 5.80. The molecule has 1 fully saturated rings. The molecule has 1 aromatic carbocycles. The zero-order chi connectivity index (χ0) is 15.5. The molecule has 0 radical (unpaired) electrons. The van der Waals surface area contributed by atoms with Crippen molar-refractivity contribution in [1.29, 1.82) is 0 Å². The number of rotatable bonds is 5. The van der Waals surface area contributed by atoms with Crippen LogP contribution >= 0.6 is 0 Å². The molecule has 0 amide bonds. The molecule has 1 heterocycles. The number of piperidine rings is 1. The number of nitrogens with one attached hydrogen (secondary N) is 2. The van der Waals surface area contributed by atoms with Crippen LogP contribution < -0.4 is 10.0 Å². The molecule has 0 bridgehead atoms. The van der Waals surface area contributed by atoms with Crippen molar-refractivity contribution in [2.75, 3.05) is 25.5 Å². The maximum absolute atomic E-state index is 12.0. The number of likely N-dealkylation sites (N-methyl/N-ethyl adjacent to an activating group) is 1. The highest BCUT2D eigenvalue weighted by molar-refractivity contribution is 7.89. The van der Waals surface area contributed by atoms with Crippen LogP contribution in [-0.4, -0.2) is 45.5 Å². The Balaban J connectivity index is 2.02. The van der Waals surface area contributed by atoms with Gasteiger partial charge in [0.1, 0.15) is 0 Å². The van der Waals surface area contributed by atoms with Gasteiger partial charge in [0.05, 0.1) is 4.90 Å². The van der Waals surface area contributed by atoms with Gasteiger partial charge >= 0.3 is 0 Å². The van der Waals surface area contributed by atoms with Gasteiger partial charge in [0.2, 0.25) is 10.0 Å². The molecule has 1 aliphatic rings. The van der Waals surface area contributed by atoms with Crippen molar-refractivity contribution in [1.82, 2.24) is 9.62 Å². The average molecular weight is 311 g/mol. The van der Waals surface area contributed by atoms with Crippen LogP contribution in [0.4, 0.5) is 5.69 Å². The molecule has 0 saturated carbocycles. The molecule has 0 spiro atoms. The Hall–Kier alpha value is -1.11. The summed E-state index contributed by atoms with van der Waals surface area (Å²) in [6, 6.07) is 7.30. The highest BCUT2D eigenvalue weighted by Crippen LogP contribution is 2.18. The molecule has 5 nitrogen and oxygen atoms in total. The number of hydrogen-bond donors (Lipinski definition) is 2. The van der Waals surface area contributed by atoms with Gasteiger partial charge in [0, 0.05) is 24.3 Å². The van der Waals surface area contributed by atoms with E-state index in [0.717, 1.165) is 25.2 Å². The molecule has 1 atom stereocenters. The quantitative estimate of drug-likeness (QED) is 0.871. The number of benzene rings is 1. The number of likely N-dealkylation sites (tertiary alicyclic amines) is 1. The molecule has 1 aliphatic heterocycles. The standard InChI is InChI=1S/C15H25N3O2S/c1-12(2)17-21(19,20)15-8-6-13(7-9-15)16-14-5-4-10-18(3)11-14/h6-9,12,14,16-17H,4-5,10-11H2,1-3H3. The number of sulfonamides is 1. The summed E-state index contributed by atoms with van der Waals surface area (Å²) >= 11 is 0. The molecule has 1 aromatic rings. The molecule has 2 rings (SSSR count). The van der Waals surface area contributed by atoms with Gasteiger partial charge in [-0.3, -0.25) is 0 Å². The van der Waals surface area contributed by atoms with Gasteiger partial charge in [0.25, 0.3) is 0 Å². The Bertz CT molecular complexity index is 555. The van der Waals surface area contributed by atoms with Gasteiger partial charge in [-0.2, -0.15) is 0 Å². The first kappa shape index (κ1) is 16.3. The van der Waals surface area contributed by atoms with E-state index >= 15 is 0 Å². The lowest BCUT2D eigenvalue weighted by atomic mass is 10.1. The van der Waals surface area contributed by atoms with Crippen LogP contribution in [0.3, 0.4) is 0 Å². The van der Waals surface area contributed by atoms with Gasteiger partial charge in [-0.05, 0) is 64.5 Å². The van der Waals surface area contributed by atoms with E-state index in [9.17, 15) is 8.42 Å². The maximum Gasteiger partial charge on any atom is 0.240 e. The third kappa shape index (κ3) is 4.69. The summed E-state index contributed by atoms with van der Waals surface area (Å²) in [5.41, 5.74) is 0.971. The molecule has 1 unspecified atom stereocenters. The number of hydrogen-bond acceptors (Lipinski definition) is 4. The summed E-state index contributed by atoms with van der Waals surface area (Å²) in [5, 5.41) is 3.47. The fourth-order valence-corrected chi connectivity index (χ4v) is 3.88. The zero-order valence-corrected chi connectivity index (χ0v) is 13.8. The second-order valence-corrected chi connectivity index (χ2v) is 7.76. The highest BCUT2D eigenvalue weighted by Gasteiger charge is 2.18. The van der Waals surface area contributed by atoms with E-state index in [1.807, 2.05) is 26.0 Å². The second-order valence-electron chi connectivity index (χ2n) is 6.05. The molecule has 0 aliphatic carbocycles. The normalized spacial score (nSPS) is 20.7. The summed E-state index contributed by atoms with van der Waals surface area (Å²) in [7, 11) is -1.28. The van der Waals surface area contributed by atoms with Crippen molar-refractivity contribution in [3.05, 3.63) is 24.3 Å². The van der Waals surface area contributed by atoms with E-state index < -0.39 is 10.0 Å². The summed E-state index contributed by atoms with van der Waals surface area (Å²) in [5.74, 6) is 0. The molecule has 1 saturated heterocycles.